The van der Waals surface area contributed by atoms with Gasteiger partial charge in [0.25, 0.3) is 5.91 Å². The van der Waals surface area contributed by atoms with E-state index >= 15 is 0 Å². The fourth-order valence-electron chi connectivity index (χ4n) is 4.21. The van der Waals surface area contributed by atoms with Gasteiger partial charge in [0.1, 0.15) is 19.3 Å². The van der Waals surface area contributed by atoms with E-state index in [-0.39, 0.29) is 18.6 Å². The number of rotatable bonds is 12. The Labute approximate surface area is 246 Å². The number of halogens is 3. The van der Waals surface area contributed by atoms with Crippen LogP contribution in [-0.4, -0.2) is 30.1 Å². The van der Waals surface area contributed by atoms with E-state index in [0.29, 0.717) is 23.7 Å². The van der Waals surface area contributed by atoms with Gasteiger partial charge in [-0.2, -0.15) is 13.2 Å². The zero-order valence-electron chi connectivity index (χ0n) is 23.2. The van der Waals surface area contributed by atoms with E-state index in [1.807, 2.05) is 60.7 Å². The van der Waals surface area contributed by atoms with E-state index in [1.54, 1.807) is 18.2 Å². The van der Waals surface area contributed by atoms with Crippen LogP contribution in [0, 0.1) is 0 Å². The third kappa shape index (κ3) is 8.83. The Hall–Kier alpha value is -4.83. The zero-order chi connectivity index (χ0) is 30.8. The van der Waals surface area contributed by atoms with Crippen LogP contribution in [0.4, 0.5) is 13.2 Å². The highest BCUT2D eigenvalue weighted by Crippen LogP contribution is 2.32. The van der Waals surface area contributed by atoms with Gasteiger partial charge in [-0.3, -0.25) is 4.79 Å². The predicted molar refractivity (Wildman–Crippen MR) is 152 cm³/mol. The summed E-state index contributed by atoms with van der Waals surface area (Å²) in [5.41, 5.74) is 1.50. The molecule has 4 rings (SSSR count). The summed E-state index contributed by atoms with van der Waals surface area (Å²) in [5, 5.41) is 12.9. The number of alkyl halides is 3. The van der Waals surface area contributed by atoms with E-state index in [0.717, 1.165) is 42.5 Å². The molecule has 43 heavy (non-hydrogen) atoms. The van der Waals surface area contributed by atoms with Crippen molar-refractivity contribution in [3.63, 3.8) is 0 Å². The highest BCUT2D eigenvalue weighted by atomic mass is 19.4. The number of aliphatic hydroxyl groups is 1. The number of carbonyl (C=O) groups is 2. The molecule has 0 aliphatic heterocycles. The van der Waals surface area contributed by atoms with Gasteiger partial charge in [-0.1, -0.05) is 78.9 Å². The largest absolute Gasteiger partial charge is 0.485 e. The molecule has 0 saturated carbocycles. The maximum Gasteiger partial charge on any atom is 0.416 e. The molecule has 0 saturated heterocycles. The van der Waals surface area contributed by atoms with E-state index in [1.165, 1.54) is 0 Å². The molecule has 7 nitrogen and oxygen atoms in total. The first kappa shape index (κ1) is 31.1. The quantitative estimate of drug-likeness (QED) is 0.202. The topological polar surface area (TPSA) is 94.1 Å². The Kier molecular flexibility index (Phi) is 10.4. The standard InChI is InChI=1S/C33H30F3NO6/c1-41-32(40)27(37-31(39)30(38)25-13-15-26(16-14-25)33(34,35)36)18-24-12-17-28(42-20-22-8-4-2-5-9-22)29(19-24)43-21-23-10-6-3-7-11-23/h2-17,19,27,30,38H,18,20-21H2,1H3,(H,37,39)/t27-,30+/m1/s1. The van der Waals surface area contributed by atoms with Crippen LogP contribution in [0.1, 0.15) is 33.9 Å². The van der Waals surface area contributed by atoms with Crippen LogP contribution in [0.5, 0.6) is 11.5 Å². The van der Waals surface area contributed by atoms with Crippen molar-refractivity contribution in [2.24, 2.45) is 0 Å². The lowest BCUT2D eigenvalue weighted by atomic mass is 10.0. The van der Waals surface area contributed by atoms with Crippen molar-refractivity contribution in [2.75, 3.05) is 7.11 Å². The maximum absolute atomic E-state index is 12.9. The van der Waals surface area contributed by atoms with E-state index in [4.69, 9.17) is 14.2 Å². The summed E-state index contributed by atoms with van der Waals surface area (Å²) in [6, 6.07) is 26.5. The molecule has 4 aromatic rings. The Morgan fingerprint density at radius 2 is 1.33 bits per heavy atom. The Bertz CT molecular complexity index is 1500. The van der Waals surface area contributed by atoms with E-state index in [2.05, 4.69) is 5.32 Å². The van der Waals surface area contributed by atoms with Gasteiger partial charge in [0.15, 0.2) is 17.6 Å². The van der Waals surface area contributed by atoms with Crippen LogP contribution in [0.25, 0.3) is 0 Å². The van der Waals surface area contributed by atoms with Gasteiger partial charge in [0.2, 0.25) is 0 Å². The molecule has 10 heteroatoms. The second kappa shape index (κ2) is 14.4. The average Bonchev–Trinajstić information content (AvgIpc) is 3.02. The fraction of sp³-hybridized carbons (Fsp3) is 0.212. The molecule has 224 valence electrons. The number of amides is 1. The number of nitrogens with one attached hydrogen (secondary N) is 1. The van der Waals surface area contributed by atoms with Crippen LogP contribution >= 0.6 is 0 Å². The van der Waals surface area contributed by atoms with Gasteiger partial charge >= 0.3 is 12.1 Å². The lowest BCUT2D eigenvalue weighted by Crippen LogP contribution is -2.45. The molecular formula is C33H30F3NO6. The SMILES string of the molecule is COC(=O)[C@@H](Cc1ccc(OCc2ccccc2)c(OCc2ccccc2)c1)NC(=O)[C@@H](O)c1ccc(C(F)(F)F)cc1. The minimum atomic E-state index is -4.56. The van der Waals surface area contributed by atoms with Gasteiger partial charge in [0.05, 0.1) is 12.7 Å². The second-order valence-electron chi connectivity index (χ2n) is 9.64. The van der Waals surface area contributed by atoms with Crippen LogP contribution in [0.15, 0.2) is 103 Å². The first-order valence-electron chi connectivity index (χ1n) is 13.3. The molecule has 0 heterocycles. The molecule has 0 aromatic heterocycles. The average molecular weight is 594 g/mol. The highest BCUT2D eigenvalue weighted by Gasteiger charge is 2.31. The molecule has 0 spiro atoms. The molecule has 1 amide bonds. The second-order valence-corrected chi connectivity index (χ2v) is 9.64. The number of benzene rings is 4. The number of methoxy groups -OCH3 is 1. The summed E-state index contributed by atoms with van der Waals surface area (Å²) in [5.74, 6) is -0.861. The Morgan fingerprint density at radius 3 is 1.86 bits per heavy atom. The molecule has 2 N–H and O–H groups in total. The lowest BCUT2D eigenvalue weighted by Gasteiger charge is -2.20. The number of hydrogen-bond donors (Lipinski definition) is 2. The maximum atomic E-state index is 12.9. The van der Waals surface area contributed by atoms with Crippen molar-refractivity contribution >= 4 is 11.9 Å². The van der Waals surface area contributed by atoms with E-state index in [9.17, 15) is 27.9 Å². The first-order valence-corrected chi connectivity index (χ1v) is 13.3. The van der Waals surface area contributed by atoms with Crippen molar-refractivity contribution in [2.45, 2.75) is 38.0 Å². The molecule has 0 fully saturated rings. The predicted octanol–water partition coefficient (Wildman–Crippen LogP) is 5.80. The summed E-state index contributed by atoms with van der Waals surface area (Å²) >= 11 is 0. The molecular weight excluding hydrogens is 563 g/mol. The van der Waals surface area contributed by atoms with Crippen molar-refractivity contribution < 1.29 is 42.1 Å². The summed E-state index contributed by atoms with van der Waals surface area (Å²) in [6.45, 7) is 0.549. The highest BCUT2D eigenvalue weighted by molar-refractivity contribution is 5.87. The summed E-state index contributed by atoms with van der Waals surface area (Å²) in [4.78, 5) is 25.4. The monoisotopic (exact) mass is 593 g/mol. The molecule has 2 atom stereocenters. The van der Waals surface area contributed by atoms with Crippen molar-refractivity contribution in [1.29, 1.82) is 0 Å². The summed E-state index contributed by atoms with van der Waals surface area (Å²) < 4.78 is 55.6. The molecule has 4 aromatic carbocycles. The third-order valence-corrected chi connectivity index (χ3v) is 6.53. The van der Waals surface area contributed by atoms with Gasteiger partial charge < -0.3 is 24.6 Å². The number of aliphatic hydroxyl groups excluding tert-OH is 1. The minimum absolute atomic E-state index is 0.0290. The van der Waals surface area contributed by atoms with Crippen LogP contribution < -0.4 is 14.8 Å². The number of hydrogen-bond acceptors (Lipinski definition) is 6. The van der Waals surface area contributed by atoms with Crippen molar-refractivity contribution in [3.8, 4) is 11.5 Å². The minimum Gasteiger partial charge on any atom is -0.485 e. The van der Waals surface area contributed by atoms with Gasteiger partial charge in [-0.05, 0) is 46.5 Å². The Morgan fingerprint density at radius 1 is 0.767 bits per heavy atom. The molecule has 0 aliphatic rings. The summed E-state index contributed by atoms with van der Waals surface area (Å²) in [7, 11) is 1.16. The zero-order valence-corrected chi connectivity index (χ0v) is 23.2. The smallest absolute Gasteiger partial charge is 0.416 e. The van der Waals surface area contributed by atoms with Gasteiger partial charge in [-0.15, -0.1) is 0 Å². The van der Waals surface area contributed by atoms with Crippen LogP contribution in [0.3, 0.4) is 0 Å². The molecule has 0 radical (unpaired) electrons. The summed E-state index contributed by atoms with van der Waals surface area (Å²) in [6.07, 6.45) is -6.40. The van der Waals surface area contributed by atoms with Gasteiger partial charge in [-0.25, -0.2) is 4.79 Å². The lowest BCUT2D eigenvalue weighted by molar-refractivity contribution is -0.146. The van der Waals surface area contributed by atoms with Crippen LogP contribution in [-0.2, 0) is 40.1 Å². The van der Waals surface area contributed by atoms with Crippen LogP contribution in [0.2, 0.25) is 0 Å². The van der Waals surface area contributed by atoms with Crippen molar-refractivity contribution in [1.82, 2.24) is 5.32 Å². The Balaban J connectivity index is 1.51. The molecule has 0 bridgehead atoms. The molecule has 0 unspecified atom stereocenters. The number of ether oxygens (including phenoxy) is 3. The van der Waals surface area contributed by atoms with Gasteiger partial charge in [0, 0.05) is 6.42 Å². The number of esters is 1. The fourth-order valence-corrected chi connectivity index (χ4v) is 4.21. The van der Waals surface area contributed by atoms with E-state index < -0.39 is 35.8 Å². The normalized spacial score (nSPS) is 12.6. The number of carbonyl (C=O) groups excluding carboxylic acids is 2. The van der Waals surface area contributed by atoms with Crippen molar-refractivity contribution in [3.05, 3.63) is 131 Å². The first-order chi connectivity index (χ1) is 20.6. The molecule has 0 aliphatic carbocycles. The third-order valence-electron chi connectivity index (χ3n) is 6.53.